The van der Waals surface area contributed by atoms with Gasteiger partial charge < -0.3 is 4.57 Å². The number of para-hydroxylation sites is 1. The number of nitrogens with zero attached hydrogens (tertiary/aromatic N) is 4. The van der Waals surface area contributed by atoms with Crippen molar-refractivity contribution in [3.8, 4) is 62.1 Å². The molecule has 0 atom stereocenters. The first kappa shape index (κ1) is 41.6. The Balaban J connectivity index is 1.13. The quantitative estimate of drug-likeness (QED) is 0.101. The molecule has 2 heterocycles. The van der Waals surface area contributed by atoms with Crippen LogP contribution in [-0.2, 0) is 0 Å². The average Bonchev–Trinajstić information content (AvgIpc) is 3.76. The van der Waals surface area contributed by atoms with E-state index in [-0.39, 0.29) is 0 Å². The molecule has 0 aliphatic carbocycles. The summed E-state index contributed by atoms with van der Waals surface area (Å²) in [7, 11) is -2.86. The molecule has 326 valence electrons. The standard InChI is InChI=1S/C64H46N4Si/c1-45-21-19-26-48(41-45)49-37-40-61-58(43-49)57-35-17-18-36-60(57)68(61)51-38-39-56(59(44-51)64-66-62(46-22-7-2-8-23-46)65-63(67-64)47-24-9-3-10-25-47)50-27-20-34-55(42-50)69(52-28-11-4-12-29-52,53-30-13-5-14-31-53)54-32-15-6-16-33-54/h2-44H,1H3. The molecule has 2 aromatic heterocycles. The summed E-state index contributed by atoms with van der Waals surface area (Å²) in [6.45, 7) is 2.15. The molecular weight excluding hydrogens is 853 g/mol. The predicted octanol–water partition coefficient (Wildman–Crippen LogP) is 13.0. The molecule has 0 bridgehead atoms. The smallest absolute Gasteiger partial charge is 0.179 e. The van der Waals surface area contributed by atoms with E-state index in [9.17, 15) is 0 Å². The molecule has 0 aliphatic rings. The van der Waals surface area contributed by atoms with E-state index in [1.807, 2.05) is 36.4 Å². The van der Waals surface area contributed by atoms with Crippen molar-refractivity contribution in [1.82, 2.24) is 19.5 Å². The highest BCUT2D eigenvalue weighted by atomic mass is 28.3. The largest absolute Gasteiger partial charge is 0.309 e. The molecule has 5 heteroatoms. The molecule has 10 aromatic carbocycles. The lowest BCUT2D eigenvalue weighted by Crippen LogP contribution is -2.74. The molecule has 0 radical (unpaired) electrons. The third-order valence-electron chi connectivity index (χ3n) is 13.5. The molecule has 0 fully saturated rings. The minimum absolute atomic E-state index is 0.602. The molecule has 12 aromatic rings. The Morgan fingerprint density at radius 2 is 0.783 bits per heavy atom. The van der Waals surface area contributed by atoms with Crippen LogP contribution in [0.3, 0.4) is 0 Å². The SMILES string of the molecule is Cc1cccc(-c2ccc3c(c2)c2ccccc2n3-c2ccc(-c3cccc([Si](c4ccccc4)(c4ccccc4)c4ccccc4)c3)c(-c3nc(-c4ccccc4)nc(-c4ccccc4)n3)c2)c1. The Morgan fingerprint density at radius 1 is 0.304 bits per heavy atom. The summed E-state index contributed by atoms with van der Waals surface area (Å²) in [5.41, 5.74) is 11.8. The van der Waals surface area contributed by atoms with Crippen molar-refractivity contribution in [2.24, 2.45) is 0 Å². The maximum absolute atomic E-state index is 5.38. The number of hydrogen-bond donors (Lipinski definition) is 0. The second-order valence-corrected chi connectivity index (χ2v) is 21.5. The van der Waals surface area contributed by atoms with Gasteiger partial charge >= 0.3 is 0 Å². The molecule has 0 N–H and O–H groups in total. The zero-order valence-corrected chi connectivity index (χ0v) is 39.1. The van der Waals surface area contributed by atoms with Crippen LogP contribution in [0.2, 0.25) is 0 Å². The van der Waals surface area contributed by atoms with E-state index in [0.717, 1.165) is 44.5 Å². The van der Waals surface area contributed by atoms with Crippen molar-refractivity contribution < 1.29 is 0 Å². The van der Waals surface area contributed by atoms with Gasteiger partial charge in [0, 0.05) is 33.2 Å². The second kappa shape index (κ2) is 17.8. The van der Waals surface area contributed by atoms with Crippen LogP contribution in [0.15, 0.2) is 261 Å². The van der Waals surface area contributed by atoms with Gasteiger partial charge in [0.25, 0.3) is 0 Å². The lowest BCUT2D eigenvalue weighted by atomic mass is 9.98. The zero-order chi connectivity index (χ0) is 46.2. The van der Waals surface area contributed by atoms with Crippen molar-refractivity contribution in [3.63, 3.8) is 0 Å². The monoisotopic (exact) mass is 898 g/mol. The van der Waals surface area contributed by atoms with Gasteiger partial charge in [0.1, 0.15) is 0 Å². The van der Waals surface area contributed by atoms with Crippen molar-refractivity contribution in [3.05, 3.63) is 266 Å². The van der Waals surface area contributed by atoms with Gasteiger partial charge in [0.2, 0.25) is 0 Å². The maximum Gasteiger partial charge on any atom is 0.179 e. The summed E-state index contributed by atoms with van der Waals surface area (Å²) in [4.78, 5) is 15.9. The highest BCUT2D eigenvalue weighted by Gasteiger charge is 2.41. The lowest BCUT2D eigenvalue weighted by Gasteiger charge is -2.34. The molecule has 4 nitrogen and oxygen atoms in total. The van der Waals surface area contributed by atoms with Gasteiger partial charge in [0.05, 0.1) is 11.0 Å². The van der Waals surface area contributed by atoms with Crippen LogP contribution >= 0.6 is 0 Å². The van der Waals surface area contributed by atoms with Crippen molar-refractivity contribution in [2.75, 3.05) is 0 Å². The summed E-state index contributed by atoms with van der Waals surface area (Å²) in [5, 5.41) is 7.65. The number of hydrogen-bond acceptors (Lipinski definition) is 3. The van der Waals surface area contributed by atoms with Gasteiger partial charge in [-0.2, -0.15) is 0 Å². The lowest BCUT2D eigenvalue weighted by molar-refractivity contribution is 1.07. The first-order valence-corrected chi connectivity index (χ1v) is 25.5. The number of rotatable bonds is 10. The molecule has 0 spiro atoms. The summed E-state index contributed by atoms with van der Waals surface area (Å²) >= 11 is 0. The number of fused-ring (bicyclic) bond motifs is 3. The summed E-state index contributed by atoms with van der Waals surface area (Å²) in [5.74, 6) is 1.84. The minimum Gasteiger partial charge on any atom is -0.309 e. The normalized spacial score (nSPS) is 11.6. The number of aryl methyl sites for hydroxylation is 1. The maximum atomic E-state index is 5.38. The molecule has 0 amide bonds. The fourth-order valence-electron chi connectivity index (χ4n) is 10.3. The van der Waals surface area contributed by atoms with Crippen LogP contribution in [0.5, 0.6) is 0 Å². The van der Waals surface area contributed by atoms with Gasteiger partial charge in [-0.05, 0) is 80.3 Å². The molecular formula is C64H46N4Si. The Morgan fingerprint density at radius 3 is 1.39 bits per heavy atom. The highest BCUT2D eigenvalue weighted by Crippen LogP contribution is 2.39. The Bertz CT molecular complexity index is 3620. The summed E-state index contributed by atoms with van der Waals surface area (Å²) in [6.07, 6.45) is 0. The molecule has 0 saturated heterocycles. The van der Waals surface area contributed by atoms with Gasteiger partial charge in [-0.1, -0.05) is 236 Å². The van der Waals surface area contributed by atoms with Gasteiger partial charge in [-0.25, -0.2) is 15.0 Å². The molecule has 12 rings (SSSR count). The third-order valence-corrected chi connectivity index (χ3v) is 18.2. The van der Waals surface area contributed by atoms with Crippen molar-refractivity contribution in [1.29, 1.82) is 0 Å². The predicted molar refractivity (Wildman–Crippen MR) is 290 cm³/mol. The molecule has 69 heavy (non-hydrogen) atoms. The highest BCUT2D eigenvalue weighted by molar-refractivity contribution is 7.19. The van der Waals surface area contributed by atoms with E-state index in [0.29, 0.717) is 17.5 Å². The van der Waals surface area contributed by atoms with E-state index in [1.54, 1.807) is 0 Å². The second-order valence-electron chi connectivity index (χ2n) is 17.7. The zero-order valence-electron chi connectivity index (χ0n) is 38.1. The topological polar surface area (TPSA) is 43.6 Å². The van der Waals surface area contributed by atoms with E-state index in [1.165, 1.54) is 48.2 Å². The van der Waals surface area contributed by atoms with E-state index in [4.69, 9.17) is 15.0 Å². The first-order chi connectivity index (χ1) is 34.1. The Kier molecular flexibility index (Phi) is 10.7. The minimum atomic E-state index is -2.86. The average molecular weight is 899 g/mol. The van der Waals surface area contributed by atoms with Gasteiger partial charge in [0.15, 0.2) is 25.5 Å². The number of benzene rings is 10. The first-order valence-electron chi connectivity index (χ1n) is 23.5. The number of aromatic nitrogens is 4. The third kappa shape index (κ3) is 7.56. The molecule has 0 unspecified atom stereocenters. The van der Waals surface area contributed by atoms with Gasteiger partial charge in [-0.15, -0.1) is 0 Å². The fraction of sp³-hybridized carbons (Fsp3) is 0.0156. The van der Waals surface area contributed by atoms with Crippen LogP contribution in [0.25, 0.3) is 83.9 Å². The summed E-state index contributed by atoms with van der Waals surface area (Å²) < 4.78 is 2.39. The molecule has 0 saturated carbocycles. The van der Waals surface area contributed by atoms with Crippen LogP contribution in [0.1, 0.15) is 5.56 Å². The Hall–Kier alpha value is -8.77. The van der Waals surface area contributed by atoms with E-state index < -0.39 is 8.07 Å². The Labute approximate surface area is 403 Å². The van der Waals surface area contributed by atoms with Crippen molar-refractivity contribution >= 4 is 50.6 Å². The van der Waals surface area contributed by atoms with Crippen LogP contribution < -0.4 is 20.7 Å². The van der Waals surface area contributed by atoms with Gasteiger partial charge in [-0.3, -0.25) is 0 Å². The van der Waals surface area contributed by atoms with Crippen LogP contribution in [0, 0.1) is 6.92 Å². The van der Waals surface area contributed by atoms with Crippen LogP contribution in [-0.4, -0.2) is 27.6 Å². The van der Waals surface area contributed by atoms with E-state index >= 15 is 0 Å². The fourth-order valence-corrected chi connectivity index (χ4v) is 15.1. The van der Waals surface area contributed by atoms with Crippen LogP contribution in [0.4, 0.5) is 0 Å². The summed E-state index contributed by atoms with van der Waals surface area (Å²) in [6, 6.07) is 94.2. The van der Waals surface area contributed by atoms with E-state index in [2.05, 4.69) is 236 Å². The van der Waals surface area contributed by atoms with Crippen molar-refractivity contribution in [2.45, 2.75) is 6.92 Å². The molecule has 0 aliphatic heterocycles.